The van der Waals surface area contributed by atoms with E-state index < -0.39 is 0 Å². The highest BCUT2D eigenvalue weighted by Gasteiger charge is 2.06. The lowest BCUT2D eigenvalue weighted by Crippen LogP contribution is -2.42. The van der Waals surface area contributed by atoms with Crippen molar-refractivity contribution in [3.05, 3.63) is 59.7 Å². The number of benzene rings is 2. The molecule has 8 heteroatoms. The normalized spacial score (nSPS) is 11.0. The number of nitrogens with one attached hydrogen (secondary N) is 3. The van der Waals surface area contributed by atoms with Gasteiger partial charge in [0.1, 0.15) is 11.5 Å². The first-order chi connectivity index (χ1) is 15.7. The van der Waals surface area contributed by atoms with E-state index in [0.717, 1.165) is 24.3 Å². The Labute approximate surface area is 190 Å². The van der Waals surface area contributed by atoms with Gasteiger partial charge in [0.05, 0.1) is 20.8 Å². The highest BCUT2D eigenvalue weighted by molar-refractivity contribution is 5.94. The van der Waals surface area contributed by atoms with Crippen LogP contribution in [0.25, 0.3) is 0 Å². The van der Waals surface area contributed by atoms with Crippen molar-refractivity contribution in [3.8, 4) is 11.5 Å². The molecule has 0 saturated carbocycles. The van der Waals surface area contributed by atoms with E-state index in [0.29, 0.717) is 50.1 Å². The van der Waals surface area contributed by atoms with Crippen LogP contribution in [-0.4, -0.2) is 58.9 Å². The number of nitrogens with zero attached hydrogens (tertiary/aromatic N) is 1. The Bertz CT molecular complexity index is 840. The van der Waals surface area contributed by atoms with E-state index in [1.165, 1.54) is 0 Å². The summed E-state index contributed by atoms with van der Waals surface area (Å²) in [5.74, 6) is 2.01. The largest absolute Gasteiger partial charge is 0.497 e. The van der Waals surface area contributed by atoms with Gasteiger partial charge in [0.2, 0.25) is 0 Å². The summed E-state index contributed by atoms with van der Waals surface area (Å²) in [6.45, 7) is 5.66. The minimum absolute atomic E-state index is 0.146. The van der Waals surface area contributed by atoms with Crippen LogP contribution in [0.2, 0.25) is 0 Å². The molecule has 0 unspecified atom stereocenters. The summed E-state index contributed by atoms with van der Waals surface area (Å²) in [4.78, 5) is 17.0. The number of rotatable bonds is 13. The van der Waals surface area contributed by atoms with Gasteiger partial charge in [-0.05, 0) is 49.2 Å². The molecule has 0 spiro atoms. The highest BCUT2D eigenvalue weighted by atomic mass is 16.5. The fraction of sp³-hybridized carbons (Fsp3) is 0.417. The lowest BCUT2D eigenvalue weighted by molar-refractivity contribution is 0.0954. The Morgan fingerprint density at radius 2 is 1.62 bits per heavy atom. The second-order valence-electron chi connectivity index (χ2n) is 6.90. The second-order valence-corrected chi connectivity index (χ2v) is 6.90. The van der Waals surface area contributed by atoms with Gasteiger partial charge in [0, 0.05) is 38.4 Å². The number of ether oxygens (including phenoxy) is 3. The predicted molar refractivity (Wildman–Crippen MR) is 127 cm³/mol. The Morgan fingerprint density at radius 1 is 0.906 bits per heavy atom. The van der Waals surface area contributed by atoms with E-state index in [-0.39, 0.29) is 5.91 Å². The zero-order valence-corrected chi connectivity index (χ0v) is 19.1. The first-order valence-electron chi connectivity index (χ1n) is 10.8. The average Bonchev–Trinajstić information content (AvgIpc) is 2.84. The van der Waals surface area contributed by atoms with E-state index in [1.54, 1.807) is 38.5 Å². The van der Waals surface area contributed by atoms with Gasteiger partial charge in [-0.25, -0.2) is 4.99 Å². The van der Waals surface area contributed by atoms with Gasteiger partial charge in [-0.3, -0.25) is 4.79 Å². The van der Waals surface area contributed by atoms with Crippen molar-refractivity contribution in [2.45, 2.75) is 19.9 Å². The number of guanidine groups is 1. The third-order valence-electron chi connectivity index (χ3n) is 4.58. The molecule has 0 radical (unpaired) electrons. The minimum Gasteiger partial charge on any atom is -0.497 e. The molecule has 32 heavy (non-hydrogen) atoms. The highest BCUT2D eigenvalue weighted by Crippen LogP contribution is 2.12. The zero-order chi connectivity index (χ0) is 23.0. The monoisotopic (exact) mass is 442 g/mol. The molecule has 0 saturated heterocycles. The molecule has 3 N–H and O–H groups in total. The van der Waals surface area contributed by atoms with Gasteiger partial charge in [-0.15, -0.1) is 0 Å². The average molecular weight is 443 g/mol. The van der Waals surface area contributed by atoms with Crippen molar-refractivity contribution in [2.75, 3.05) is 47.1 Å². The maximum absolute atomic E-state index is 12.3. The van der Waals surface area contributed by atoms with Crippen LogP contribution in [0.15, 0.2) is 53.5 Å². The summed E-state index contributed by atoms with van der Waals surface area (Å²) in [7, 11) is 3.23. The number of amides is 1. The number of hydrogen-bond acceptors (Lipinski definition) is 5. The molecule has 2 rings (SSSR count). The van der Waals surface area contributed by atoms with Gasteiger partial charge in [-0.2, -0.15) is 0 Å². The van der Waals surface area contributed by atoms with Crippen LogP contribution >= 0.6 is 0 Å². The van der Waals surface area contributed by atoms with E-state index >= 15 is 0 Å². The first kappa shape index (κ1) is 25.0. The van der Waals surface area contributed by atoms with E-state index in [9.17, 15) is 4.79 Å². The SMILES string of the molecule is CCOCCCNC(=NCc1ccc(OC)cc1)NCCNC(=O)c1cccc(OC)c1. The Morgan fingerprint density at radius 3 is 2.34 bits per heavy atom. The lowest BCUT2D eigenvalue weighted by atomic mass is 10.2. The molecule has 8 nitrogen and oxygen atoms in total. The van der Waals surface area contributed by atoms with Crippen LogP contribution in [0.4, 0.5) is 0 Å². The molecule has 0 aliphatic rings. The smallest absolute Gasteiger partial charge is 0.251 e. The van der Waals surface area contributed by atoms with E-state index in [1.807, 2.05) is 31.2 Å². The fourth-order valence-electron chi connectivity index (χ4n) is 2.82. The van der Waals surface area contributed by atoms with Crippen molar-refractivity contribution in [3.63, 3.8) is 0 Å². The van der Waals surface area contributed by atoms with Crippen LogP contribution in [0.5, 0.6) is 11.5 Å². The van der Waals surface area contributed by atoms with Gasteiger partial charge in [0.25, 0.3) is 5.91 Å². The van der Waals surface area contributed by atoms with Crippen LogP contribution in [-0.2, 0) is 11.3 Å². The lowest BCUT2D eigenvalue weighted by Gasteiger charge is -2.13. The summed E-state index contributed by atoms with van der Waals surface area (Å²) in [5.41, 5.74) is 1.64. The van der Waals surface area contributed by atoms with E-state index in [4.69, 9.17) is 14.2 Å². The van der Waals surface area contributed by atoms with Crippen molar-refractivity contribution in [1.82, 2.24) is 16.0 Å². The van der Waals surface area contributed by atoms with Gasteiger partial charge in [-0.1, -0.05) is 18.2 Å². The maximum atomic E-state index is 12.3. The first-order valence-corrected chi connectivity index (χ1v) is 10.8. The third kappa shape index (κ3) is 9.26. The fourth-order valence-corrected chi connectivity index (χ4v) is 2.82. The molecule has 0 aliphatic heterocycles. The van der Waals surface area contributed by atoms with Crippen molar-refractivity contribution >= 4 is 11.9 Å². The molecule has 0 aromatic heterocycles. The second kappa shape index (κ2) is 14.7. The Kier molecular flexibility index (Phi) is 11.5. The zero-order valence-electron chi connectivity index (χ0n) is 19.1. The summed E-state index contributed by atoms with van der Waals surface area (Å²) in [6, 6.07) is 14.9. The molecule has 2 aromatic carbocycles. The summed E-state index contributed by atoms with van der Waals surface area (Å²) in [6.07, 6.45) is 0.879. The number of hydrogen-bond donors (Lipinski definition) is 3. The number of methoxy groups -OCH3 is 2. The van der Waals surface area contributed by atoms with Crippen molar-refractivity contribution < 1.29 is 19.0 Å². The predicted octanol–water partition coefficient (Wildman–Crippen LogP) is 2.60. The Balaban J connectivity index is 1.84. The molecule has 0 atom stereocenters. The molecular weight excluding hydrogens is 408 g/mol. The van der Waals surface area contributed by atoms with Crippen molar-refractivity contribution in [2.24, 2.45) is 4.99 Å². The number of carbonyl (C=O) groups is 1. The van der Waals surface area contributed by atoms with Gasteiger partial charge in [0.15, 0.2) is 5.96 Å². The van der Waals surface area contributed by atoms with Crippen LogP contribution in [0.3, 0.4) is 0 Å². The third-order valence-corrected chi connectivity index (χ3v) is 4.58. The quantitative estimate of drug-likeness (QED) is 0.251. The summed E-state index contributed by atoms with van der Waals surface area (Å²) >= 11 is 0. The summed E-state index contributed by atoms with van der Waals surface area (Å²) in [5, 5.41) is 9.48. The molecule has 0 bridgehead atoms. The molecule has 174 valence electrons. The van der Waals surface area contributed by atoms with Gasteiger partial charge < -0.3 is 30.2 Å². The molecule has 0 fully saturated rings. The summed E-state index contributed by atoms with van der Waals surface area (Å²) < 4.78 is 15.7. The van der Waals surface area contributed by atoms with Crippen molar-refractivity contribution in [1.29, 1.82) is 0 Å². The van der Waals surface area contributed by atoms with E-state index in [2.05, 4.69) is 20.9 Å². The molecule has 0 aliphatic carbocycles. The Hall–Kier alpha value is -3.26. The standard InChI is InChI=1S/C24H34N4O4/c1-4-32-16-6-13-26-24(28-18-19-9-11-21(30-2)12-10-19)27-15-14-25-23(29)20-7-5-8-22(17-20)31-3/h5,7-12,17H,4,6,13-16,18H2,1-3H3,(H,25,29)(H2,26,27,28). The van der Waals surface area contributed by atoms with Crippen LogP contribution in [0, 0.1) is 0 Å². The topological polar surface area (TPSA) is 93.2 Å². The molecular formula is C24H34N4O4. The minimum atomic E-state index is -0.146. The molecule has 2 aromatic rings. The number of carbonyl (C=O) groups excluding carboxylic acids is 1. The van der Waals surface area contributed by atoms with Crippen LogP contribution in [0.1, 0.15) is 29.3 Å². The number of aliphatic imine (C=N–C) groups is 1. The molecule has 0 heterocycles. The maximum Gasteiger partial charge on any atom is 0.251 e. The van der Waals surface area contributed by atoms with Gasteiger partial charge >= 0.3 is 0 Å². The van der Waals surface area contributed by atoms with Crippen LogP contribution < -0.4 is 25.4 Å². The molecule has 1 amide bonds.